The Hall–Kier alpha value is -4.46. The summed E-state index contributed by atoms with van der Waals surface area (Å²) >= 11 is 0. The lowest BCUT2D eigenvalue weighted by atomic mass is 9.85. The van der Waals surface area contributed by atoms with E-state index in [0.29, 0.717) is 18.2 Å². The van der Waals surface area contributed by atoms with Crippen molar-refractivity contribution in [1.82, 2.24) is 14.7 Å². The smallest absolute Gasteiger partial charge is 0.324 e. The van der Waals surface area contributed by atoms with E-state index in [4.69, 9.17) is 5.10 Å². The number of aromatic nitrogens is 2. The summed E-state index contributed by atoms with van der Waals surface area (Å²) in [7, 11) is 0. The molecule has 2 fully saturated rings. The topological polar surface area (TPSA) is 79.3 Å². The SMILES string of the molecule is Cc1ccc(-n2nc(C(C)(C)C)cc2NC(=O)Nc2ccc(CC3CC4CCC(C3)N4C(=O)Cc3ccc(F)cc3)cc2)cc1. The van der Waals surface area contributed by atoms with Crippen LogP contribution in [0.25, 0.3) is 5.69 Å². The maximum absolute atomic E-state index is 13.3. The first kappa shape index (κ1) is 30.6. The molecule has 0 spiro atoms. The zero-order chi connectivity index (χ0) is 31.7. The quantitative estimate of drug-likeness (QED) is 0.225. The number of aryl methyl sites for hydroxylation is 1. The molecule has 234 valence electrons. The zero-order valence-corrected chi connectivity index (χ0v) is 26.5. The molecule has 3 heterocycles. The molecule has 4 aromatic rings. The number of fused-ring (bicyclic) bond motifs is 2. The largest absolute Gasteiger partial charge is 0.336 e. The Kier molecular flexibility index (Phi) is 8.49. The van der Waals surface area contributed by atoms with Crippen molar-refractivity contribution in [3.05, 3.63) is 107 Å². The molecular weight excluding hydrogens is 565 g/mol. The summed E-state index contributed by atoms with van der Waals surface area (Å²) in [5.74, 6) is 0.988. The van der Waals surface area contributed by atoms with E-state index < -0.39 is 0 Å². The normalized spacial score (nSPS) is 19.4. The molecule has 6 rings (SSSR count). The number of amides is 3. The van der Waals surface area contributed by atoms with Crippen LogP contribution in [0.15, 0.2) is 78.9 Å². The number of urea groups is 1. The van der Waals surface area contributed by atoms with Crippen LogP contribution in [0.2, 0.25) is 0 Å². The van der Waals surface area contributed by atoms with Crippen molar-refractivity contribution in [3.8, 4) is 5.69 Å². The molecule has 45 heavy (non-hydrogen) atoms. The summed E-state index contributed by atoms with van der Waals surface area (Å²) in [6.45, 7) is 8.35. The van der Waals surface area contributed by atoms with Crippen LogP contribution in [0.5, 0.6) is 0 Å². The molecule has 8 heteroatoms. The number of carbonyl (C=O) groups excluding carboxylic acids is 2. The first-order chi connectivity index (χ1) is 21.5. The van der Waals surface area contributed by atoms with Gasteiger partial charge in [0.15, 0.2) is 0 Å². The fourth-order valence-electron chi connectivity index (χ4n) is 6.79. The van der Waals surface area contributed by atoms with Gasteiger partial charge in [0.2, 0.25) is 5.91 Å². The Labute approximate surface area is 264 Å². The summed E-state index contributed by atoms with van der Waals surface area (Å²) in [5, 5.41) is 10.8. The maximum Gasteiger partial charge on any atom is 0.324 e. The van der Waals surface area contributed by atoms with Crippen LogP contribution >= 0.6 is 0 Å². The molecule has 2 atom stereocenters. The van der Waals surface area contributed by atoms with Gasteiger partial charge in [-0.25, -0.2) is 13.9 Å². The Morgan fingerprint density at radius 3 is 2.11 bits per heavy atom. The van der Waals surface area contributed by atoms with E-state index in [1.807, 2.05) is 49.4 Å². The number of hydrogen-bond acceptors (Lipinski definition) is 3. The number of nitrogens with zero attached hydrogens (tertiary/aromatic N) is 3. The molecule has 0 radical (unpaired) electrons. The zero-order valence-electron chi connectivity index (χ0n) is 26.5. The van der Waals surface area contributed by atoms with Gasteiger partial charge in [-0.15, -0.1) is 0 Å². The van der Waals surface area contributed by atoms with Crippen LogP contribution in [-0.2, 0) is 23.1 Å². The van der Waals surface area contributed by atoms with E-state index in [-0.39, 0.29) is 35.3 Å². The summed E-state index contributed by atoms with van der Waals surface area (Å²) < 4.78 is 15.1. The van der Waals surface area contributed by atoms with Crippen LogP contribution in [0.3, 0.4) is 0 Å². The Morgan fingerprint density at radius 2 is 1.49 bits per heavy atom. The minimum absolute atomic E-state index is 0.151. The second-order valence-electron chi connectivity index (χ2n) is 13.7. The molecule has 0 aliphatic carbocycles. The van der Waals surface area contributed by atoms with Crippen molar-refractivity contribution < 1.29 is 14.0 Å². The van der Waals surface area contributed by atoms with Gasteiger partial charge >= 0.3 is 6.03 Å². The minimum Gasteiger partial charge on any atom is -0.336 e. The van der Waals surface area contributed by atoms with Gasteiger partial charge in [-0.3, -0.25) is 10.1 Å². The highest BCUT2D eigenvalue weighted by atomic mass is 19.1. The third-order valence-electron chi connectivity index (χ3n) is 9.12. The van der Waals surface area contributed by atoms with E-state index >= 15 is 0 Å². The van der Waals surface area contributed by atoms with E-state index in [9.17, 15) is 14.0 Å². The molecule has 3 aromatic carbocycles. The van der Waals surface area contributed by atoms with E-state index in [0.717, 1.165) is 60.3 Å². The standard InChI is InChI=1S/C37H42FN5O2/c1-24-5-15-30(16-6-24)43-34(23-33(41-43)37(2,3)4)40-36(45)39-29-13-9-25(10-14-29)19-27-20-31-17-18-32(21-27)42(31)35(44)22-26-7-11-28(38)12-8-26/h5-16,23,27,31-32H,17-22H2,1-4H3,(H2,39,40,45). The summed E-state index contributed by atoms with van der Waals surface area (Å²) in [6.07, 6.45) is 5.37. The van der Waals surface area contributed by atoms with Crippen molar-refractivity contribution in [1.29, 1.82) is 0 Å². The van der Waals surface area contributed by atoms with E-state index in [2.05, 4.69) is 48.4 Å². The third-order valence-corrected chi connectivity index (χ3v) is 9.12. The molecule has 1 aromatic heterocycles. The number of benzene rings is 3. The molecule has 2 bridgehead atoms. The minimum atomic E-state index is -0.328. The van der Waals surface area contributed by atoms with E-state index in [1.54, 1.807) is 16.8 Å². The molecular formula is C37H42FN5O2. The second-order valence-corrected chi connectivity index (χ2v) is 13.7. The van der Waals surface area contributed by atoms with E-state index in [1.165, 1.54) is 17.7 Å². The third kappa shape index (κ3) is 7.11. The van der Waals surface area contributed by atoms with Crippen LogP contribution in [0.1, 0.15) is 68.8 Å². The van der Waals surface area contributed by atoms with Crippen molar-refractivity contribution in [3.63, 3.8) is 0 Å². The highest BCUT2D eigenvalue weighted by Crippen LogP contribution is 2.40. The van der Waals surface area contributed by atoms with Gasteiger partial charge in [-0.2, -0.15) is 5.10 Å². The number of halogens is 1. The second kappa shape index (κ2) is 12.5. The predicted octanol–water partition coefficient (Wildman–Crippen LogP) is 7.82. The van der Waals surface area contributed by atoms with Gasteiger partial charge in [0, 0.05) is 29.3 Å². The number of piperidine rings is 1. The van der Waals surface area contributed by atoms with Crippen molar-refractivity contribution >= 4 is 23.4 Å². The van der Waals surface area contributed by atoms with Crippen LogP contribution in [-0.4, -0.2) is 38.7 Å². The van der Waals surface area contributed by atoms with Gasteiger partial charge in [0.1, 0.15) is 11.6 Å². The lowest BCUT2D eigenvalue weighted by Gasteiger charge is -2.39. The van der Waals surface area contributed by atoms with Gasteiger partial charge in [0.25, 0.3) is 0 Å². The fourth-order valence-corrected chi connectivity index (χ4v) is 6.79. The van der Waals surface area contributed by atoms with Gasteiger partial charge in [-0.05, 0) is 92.5 Å². The average Bonchev–Trinajstić information content (AvgIpc) is 3.54. The average molecular weight is 608 g/mol. The maximum atomic E-state index is 13.3. The highest BCUT2D eigenvalue weighted by molar-refractivity contribution is 5.99. The number of anilines is 2. The van der Waals surface area contributed by atoms with Gasteiger partial charge < -0.3 is 10.2 Å². The molecule has 2 unspecified atom stereocenters. The Bertz CT molecular complexity index is 1640. The lowest BCUT2D eigenvalue weighted by Crippen LogP contribution is -2.47. The monoisotopic (exact) mass is 607 g/mol. The fraction of sp³-hybridized carbons (Fsp3) is 0.378. The van der Waals surface area contributed by atoms with Crippen molar-refractivity contribution in [2.45, 2.75) is 83.7 Å². The number of nitrogens with one attached hydrogen (secondary N) is 2. The van der Waals surface area contributed by atoms with Crippen molar-refractivity contribution in [2.24, 2.45) is 5.92 Å². The number of rotatable bonds is 7. The molecule has 7 nitrogen and oxygen atoms in total. The van der Waals surface area contributed by atoms with Gasteiger partial charge in [-0.1, -0.05) is 62.7 Å². The molecule has 2 saturated heterocycles. The molecule has 3 amide bonds. The molecule has 2 N–H and O–H groups in total. The van der Waals surface area contributed by atoms with Gasteiger partial charge in [0.05, 0.1) is 17.8 Å². The van der Waals surface area contributed by atoms with Crippen LogP contribution in [0, 0.1) is 18.7 Å². The molecule has 0 saturated carbocycles. The van der Waals surface area contributed by atoms with Crippen molar-refractivity contribution in [2.75, 3.05) is 10.6 Å². The first-order valence-electron chi connectivity index (χ1n) is 15.9. The predicted molar refractivity (Wildman–Crippen MR) is 176 cm³/mol. The summed E-state index contributed by atoms with van der Waals surface area (Å²) in [5.41, 5.74) is 5.56. The molecule has 2 aliphatic heterocycles. The van der Waals surface area contributed by atoms with Crippen LogP contribution < -0.4 is 10.6 Å². The highest BCUT2D eigenvalue weighted by Gasteiger charge is 2.42. The Balaban J connectivity index is 1.05. The summed E-state index contributed by atoms with van der Waals surface area (Å²) in [4.78, 5) is 28.3. The van der Waals surface area contributed by atoms with Crippen LogP contribution in [0.4, 0.5) is 20.7 Å². The first-order valence-corrected chi connectivity index (χ1v) is 15.9. The molecule has 2 aliphatic rings. The number of carbonyl (C=O) groups is 2. The Morgan fingerprint density at radius 1 is 0.867 bits per heavy atom. The summed E-state index contributed by atoms with van der Waals surface area (Å²) in [6, 6.07) is 24.5. The lowest BCUT2D eigenvalue weighted by molar-refractivity contribution is -0.135. The number of hydrogen-bond donors (Lipinski definition) is 2.